The van der Waals surface area contributed by atoms with Crippen LogP contribution in [0.3, 0.4) is 0 Å². The van der Waals surface area contributed by atoms with Crippen LogP contribution in [0.4, 0.5) is 0 Å². The second-order valence-electron chi connectivity index (χ2n) is 3.11. The fraction of sp³-hybridized carbons (Fsp3) is 0.273. The van der Waals surface area contributed by atoms with Crippen LogP contribution in [0.1, 0.15) is 18.8 Å². The first-order chi connectivity index (χ1) is 6.27. The smallest absolute Gasteiger partial charge is 0.227 e. The van der Waals surface area contributed by atoms with E-state index in [1.54, 1.807) is 0 Å². The molecule has 68 valence electrons. The molecule has 1 aromatic carbocycles. The van der Waals surface area contributed by atoms with Gasteiger partial charge in [-0.2, -0.15) is 0 Å². The summed E-state index contributed by atoms with van der Waals surface area (Å²) in [4.78, 5) is 0. The highest BCUT2D eigenvalue weighted by atomic mass is 16.7. The fourth-order valence-electron chi connectivity index (χ4n) is 1.28. The van der Waals surface area contributed by atoms with Crippen molar-refractivity contribution in [3.8, 4) is 0 Å². The van der Waals surface area contributed by atoms with E-state index in [1.807, 2.05) is 37.3 Å². The Kier molecular flexibility index (Phi) is 2.07. The van der Waals surface area contributed by atoms with Gasteiger partial charge in [0.15, 0.2) is 0 Å². The molecule has 1 aliphatic rings. The zero-order valence-corrected chi connectivity index (χ0v) is 7.57. The molecule has 1 heterocycles. The maximum absolute atomic E-state index is 5.54. The summed E-state index contributed by atoms with van der Waals surface area (Å²) in [6.07, 6.45) is -0.283. The van der Waals surface area contributed by atoms with E-state index in [0.29, 0.717) is 5.76 Å². The third-order valence-electron chi connectivity index (χ3n) is 2.11. The minimum Gasteiger partial charge on any atom is -0.463 e. The molecular weight excluding hydrogens is 164 g/mol. The summed E-state index contributed by atoms with van der Waals surface area (Å²) in [5.74, 6) is 0.703. The summed E-state index contributed by atoms with van der Waals surface area (Å²) in [7, 11) is 0. The van der Waals surface area contributed by atoms with E-state index in [1.165, 1.54) is 0 Å². The highest BCUT2D eigenvalue weighted by Crippen LogP contribution is 2.31. The molecule has 2 nitrogen and oxygen atoms in total. The molecule has 1 saturated heterocycles. The molecule has 0 bridgehead atoms. The van der Waals surface area contributed by atoms with Crippen LogP contribution in [-0.4, -0.2) is 6.10 Å². The van der Waals surface area contributed by atoms with Gasteiger partial charge >= 0.3 is 0 Å². The normalized spacial score (nSPS) is 27.3. The first-order valence-electron chi connectivity index (χ1n) is 4.33. The number of hydrogen-bond acceptors (Lipinski definition) is 2. The topological polar surface area (TPSA) is 18.5 Å². The lowest BCUT2D eigenvalue weighted by molar-refractivity contribution is -0.0515. The summed E-state index contributed by atoms with van der Waals surface area (Å²) in [5.41, 5.74) is 1.04. The van der Waals surface area contributed by atoms with Gasteiger partial charge in [0.05, 0.1) is 0 Å². The Labute approximate surface area is 77.8 Å². The first kappa shape index (κ1) is 8.32. The minimum absolute atomic E-state index is 0.00907. The minimum atomic E-state index is -0.274. The summed E-state index contributed by atoms with van der Waals surface area (Å²) in [6.45, 7) is 5.70. The molecule has 0 aromatic heterocycles. The van der Waals surface area contributed by atoms with Crippen molar-refractivity contribution >= 4 is 0 Å². The number of rotatable bonds is 1. The number of hydrogen-bond donors (Lipinski definition) is 0. The lowest BCUT2D eigenvalue weighted by Crippen LogP contribution is -2.01. The van der Waals surface area contributed by atoms with Gasteiger partial charge in [-0.05, 0) is 6.92 Å². The predicted molar refractivity (Wildman–Crippen MR) is 50.0 cm³/mol. The quantitative estimate of drug-likeness (QED) is 0.654. The molecule has 0 saturated carbocycles. The highest BCUT2D eigenvalue weighted by molar-refractivity contribution is 5.18. The lowest BCUT2D eigenvalue weighted by Gasteiger charge is -2.08. The standard InChI is InChI=1S/C11H12O2/c1-8-9(2)13-11(12-8)10-6-4-3-5-7-10/h3-7,9,11H,1H2,2H3/t9-,11+/m0/s1. The Morgan fingerprint density at radius 2 is 1.92 bits per heavy atom. The van der Waals surface area contributed by atoms with Crippen molar-refractivity contribution in [3.05, 3.63) is 48.2 Å². The molecule has 0 aliphatic carbocycles. The molecule has 0 spiro atoms. The molecule has 1 fully saturated rings. The van der Waals surface area contributed by atoms with Gasteiger partial charge in [-0.3, -0.25) is 0 Å². The summed E-state index contributed by atoms with van der Waals surface area (Å²) >= 11 is 0. The van der Waals surface area contributed by atoms with E-state index in [0.717, 1.165) is 5.56 Å². The van der Waals surface area contributed by atoms with Crippen LogP contribution in [0.2, 0.25) is 0 Å². The predicted octanol–water partition coefficient (Wildman–Crippen LogP) is 2.63. The van der Waals surface area contributed by atoms with Gasteiger partial charge in [0.2, 0.25) is 6.29 Å². The van der Waals surface area contributed by atoms with Crippen LogP contribution in [0.25, 0.3) is 0 Å². The van der Waals surface area contributed by atoms with Crippen molar-refractivity contribution in [3.63, 3.8) is 0 Å². The van der Waals surface area contributed by atoms with Gasteiger partial charge in [-0.1, -0.05) is 36.9 Å². The molecule has 1 aliphatic heterocycles. The van der Waals surface area contributed by atoms with Gasteiger partial charge < -0.3 is 9.47 Å². The molecule has 0 amide bonds. The second kappa shape index (κ2) is 3.23. The summed E-state index contributed by atoms with van der Waals surface area (Å²) in [6, 6.07) is 9.87. The van der Waals surface area contributed by atoms with E-state index in [4.69, 9.17) is 9.47 Å². The van der Waals surface area contributed by atoms with Crippen LogP contribution in [0.5, 0.6) is 0 Å². The molecule has 1 aromatic rings. The average molecular weight is 176 g/mol. The SMILES string of the molecule is C=C1O[C@@H](c2ccccc2)O[C@H]1C. The maximum Gasteiger partial charge on any atom is 0.227 e. The van der Waals surface area contributed by atoms with Crippen LogP contribution in [-0.2, 0) is 9.47 Å². The fourth-order valence-corrected chi connectivity index (χ4v) is 1.28. The van der Waals surface area contributed by atoms with E-state index in [-0.39, 0.29) is 12.4 Å². The molecule has 13 heavy (non-hydrogen) atoms. The average Bonchev–Trinajstić information content (AvgIpc) is 2.49. The van der Waals surface area contributed by atoms with Crippen LogP contribution >= 0.6 is 0 Å². The maximum atomic E-state index is 5.54. The molecular formula is C11H12O2. The molecule has 2 heteroatoms. The lowest BCUT2D eigenvalue weighted by atomic mass is 10.2. The molecule has 2 atom stereocenters. The van der Waals surface area contributed by atoms with Crippen molar-refractivity contribution < 1.29 is 9.47 Å². The molecule has 0 N–H and O–H groups in total. The number of ether oxygens (including phenoxy) is 2. The van der Waals surface area contributed by atoms with Gasteiger partial charge in [0, 0.05) is 5.56 Å². The zero-order valence-electron chi connectivity index (χ0n) is 7.57. The second-order valence-corrected chi connectivity index (χ2v) is 3.11. The Balaban J connectivity index is 2.17. The van der Waals surface area contributed by atoms with E-state index < -0.39 is 0 Å². The highest BCUT2D eigenvalue weighted by Gasteiger charge is 2.27. The van der Waals surface area contributed by atoms with Crippen molar-refractivity contribution in [1.82, 2.24) is 0 Å². The Hall–Kier alpha value is -1.28. The zero-order chi connectivity index (χ0) is 9.26. The van der Waals surface area contributed by atoms with Crippen molar-refractivity contribution in [2.75, 3.05) is 0 Å². The van der Waals surface area contributed by atoms with Crippen LogP contribution < -0.4 is 0 Å². The van der Waals surface area contributed by atoms with Gasteiger partial charge in [-0.25, -0.2) is 0 Å². The summed E-state index contributed by atoms with van der Waals surface area (Å²) in [5, 5.41) is 0. The third-order valence-corrected chi connectivity index (χ3v) is 2.11. The third kappa shape index (κ3) is 1.58. The summed E-state index contributed by atoms with van der Waals surface area (Å²) < 4.78 is 11.0. The van der Waals surface area contributed by atoms with Crippen molar-refractivity contribution in [1.29, 1.82) is 0 Å². The monoisotopic (exact) mass is 176 g/mol. The molecule has 2 rings (SSSR count). The van der Waals surface area contributed by atoms with Crippen molar-refractivity contribution in [2.45, 2.75) is 19.3 Å². The number of benzene rings is 1. The first-order valence-corrected chi connectivity index (χ1v) is 4.33. The molecule has 0 radical (unpaired) electrons. The van der Waals surface area contributed by atoms with Crippen molar-refractivity contribution in [2.24, 2.45) is 0 Å². The van der Waals surface area contributed by atoms with Gasteiger partial charge in [0.1, 0.15) is 11.9 Å². The van der Waals surface area contributed by atoms with E-state index in [2.05, 4.69) is 6.58 Å². The van der Waals surface area contributed by atoms with Gasteiger partial charge in [0.25, 0.3) is 0 Å². The van der Waals surface area contributed by atoms with Gasteiger partial charge in [-0.15, -0.1) is 0 Å². The van der Waals surface area contributed by atoms with E-state index in [9.17, 15) is 0 Å². The Morgan fingerprint density at radius 1 is 1.23 bits per heavy atom. The Morgan fingerprint density at radius 3 is 2.46 bits per heavy atom. The van der Waals surface area contributed by atoms with E-state index >= 15 is 0 Å². The Bertz CT molecular complexity index is 305. The van der Waals surface area contributed by atoms with Crippen LogP contribution in [0, 0.1) is 0 Å². The molecule has 0 unspecified atom stereocenters. The largest absolute Gasteiger partial charge is 0.463 e. The van der Waals surface area contributed by atoms with Crippen LogP contribution in [0.15, 0.2) is 42.7 Å².